The standard InChI is InChI=1S/C23H39N5O/c1-3-24-22(27-19-23(11-8-12-23)13-16-29-2)26-18-20-9-10-21(25-17-20)28-14-6-4-5-7-15-28/h9-10,17H,3-8,11-16,18-19H2,1-2H3,(H2,24,26,27). The number of hydrogen-bond donors (Lipinski definition) is 2. The Bertz CT molecular complexity index is 619. The second-order valence-corrected chi connectivity index (χ2v) is 8.57. The fourth-order valence-electron chi connectivity index (χ4n) is 4.29. The first-order chi connectivity index (χ1) is 14.2. The lowest BCUT2D eigenvalue weighted by molar-refractivity contribution is 0.0732. The summed E-state index contributed by atoms with van der Waals surface area (Å²) in [4.78, 5) is 11.9. The lowest BCUT2D eigenvalue weighted by Crippen LogP contribution is -2.46. The van der Waals surface area contributed by atoms with Crippen LogP contribution in [0.2, 0.25) is 0 Å². The Balaban J connectivity index is 1.53. The number of nitrogens with zero attached hydrogens (tertiary/aromatic N) is 3. The van der Waals surface area contributed by atoms with E-state index in [1.54, 1.807) is 7.11 Å². The summed E-state index contributed by atoms with van der Waals surface area (Å²) in [6.07, 6.45) is 12.2. The second-order valence-electron chi connectivity index (χ2n) is 8.57. The van der Waals surface area contributed by atoms with E-state index in [0.717, 1.165) is 56.5 Å². The molecule has 1 aliphatic carbocycles. The zero-order chi connectivity index (χ0) is 20.4. The van der Waals surface area contributed by atoms with Crippen LogP contribution in [0.4, 0.5) is 5.82 Å². The molecule has 1 aliphatic heterocycles. The van der Waals surface area contributed by atoms with Crippen LogP contribution in [-0.2, 0) is 11.3 Å². The Kier molecular flexibility index (Phi) is 8.59. The number of aliphatic imine (C=N–C) groups is 1. The minimum Gasteiger partial charge on any atom is -0.385 e. The van der Waals surface area contributed by atoms with Crippen LogP contribution in [0, 0.1) is 5.41 Å². The molecule has 0 radical (unpaired) electrons. The summed E-state index contributed by atoms with van der Waals surface area (Å²) < 4.78 is 5.31. The third-order valence-corrected chi connectivity index (χ3v) is 6.38. The molecule has 2 N–H and O–H groups in total. The van der Waals surface area contributed by atoms with Gasteiger partial charge in [0.25, 0.3) is 0 Å². The number of nitrogens with one attached hydrogen (secondary N) is 2. The molecule has 29 heavy (non-hydrogen) atoms. The van der Waals surface area contributed by atoms with E-state index < -0.39 is 0 Å². The molecule has 162 valence electrons. The van der Waals surface area contributed by atoms with Crippen molar-refractivity contribution in [2.24, 2.45) is 10.4 Å². The zero-order valence-corrected chi connectivity index (χ0v) is 18.4. The third kappa shape index (κ3) is 6.59. The van der Waals surface area contributed by atoms with Crippen LogP contribution in [0.3, 0.4) is 0 Å². The first-order valence-electron chi connectivity index (χ1n) is 11.5. The van der Waals surface area contributed by atoms with Gasteiger partial charge in [-0.1, -0.05) is 25.3 Å². The fourth-order valence-corrected chi connectivity index (χ4v) is 4.29. The number of ether oxygens (including phenoxy) is 1. The zero-order valence-electron chi connectivity index (χ0n) is 18.4. The molecule has 0 aromatic carbocycles. The molecule has 1 aromatic heterocycles. The van der Waals surface area contributed by atoms with Crippen LogP contribution in [0.1, 0.15) is 63.9 Å². The van der Waals surface area contributed by atoms with Gasteiger partial charge < -0.3 is 20.3 Å². The number of aromatic nitrogens is 1. The molecule has 1 saturated carbocycles. The van der Waals surface area contributed by atoms with Crippen molar-refractivity contribution >= 4 is 11.8 Å². The molecule has 6 heteroatoms. The highest BCUT2D eigenvalue weighted by Gasteiger charge is 2.36. The van der Waals surface area contributed by atoms with Gasteiger partial charge in [0.05, 0.1) is 6.54 Å². The molecule has 0 bridgehead atoms. The Morgan fingerprint density at radius 2 is 1.93 bits per heavy atom. The van der Waals surface area contributed by atoms with Gasteiger partial charge >= 0.3 is 0 Å². The smallest absolute Gasteiger partial charge is 0.191 e. The van der Waals surface area contributed by atoms with Crippen LogP contribution < -0.4 is 15.5 Å². The van der Waals surface area contributed by atoms with Crippen LogP contribution in [0.15, 0.2) is 23.3 Å². The van der Waals surface area contributed by atoms with Crippen molar-refractivity contribution in [2.75, 3.05) is 44.8 Å². The minimum absolute atomic E-state index is 0.378. The number of rotatable bonds is 9. The molecule has 1 aromatic rings. The highest BCUT2D eigenvalue weighted by molar-refractivity contribution is 5.79. The maximum Gasteiger partial charge on any atom is 0.191 e. The fraction of sp³-hybridized carbons (Fsp3) is 0.739. The highest BCUT2D eigenvalue weighted by atomic mass is 16.5. The van der Waals surface area contributed by atoms with E-state index in [9.17, 15) is 0 Å². The topological polar surface area (TPSA) is 61.8 Å². The second kappa shape index (κ2) is 11.4. The van der Waals surface area contributed by atoms with Crippen molar-refractivity contribution in [1.29, 1.82) is 0 Å². The molecule has 0 unspecified atom stereocenters. The van der Waals surface area contributed by atoms with Gasteiger partial charge in [0.2, 0.25) is 0 Å². The minimum atomic E-state index is 0.378. The van der Waals surface area contributed by atoms with E-state index in [-0.39, 0.29) is 0 Å². The quantitative estimate of drug-likeness (QED) is 0.488. The summed E-state index contributed by atoms with van der Waals surface area (Å²) in [5, 5.41) is 6.95. The first kappa shape index (κ1) is 21.9. The van der Waals surface area contributed by atoms with Gasteiger partial charge in [-0.25, -0.2) is 9.98 Å². The van der Waals surface area contributed by atoms with Gasteiger partial charge in [0.1, 0.15) is 5.82 Å². The molecule has 6 nitrogen and oxygen atoms in total. The highest BCUT2D eigenvalue weighted by Crippen LogP contribution is 2.43. The van der Waals surface area contributed by atoms with Crippen molar-refractivity contribution in [3.05, 3.63) is 23.9 Å². The molecule has 0 spiro atoms. The van der Waals surface area contributed by atoms with Crippen LogP contribution >= 0.6 is 0 Å². The Labute approximate surface area is 176 Å². The third-order valence-electron chi connectivity index (χ3n) is 6.38. The summed E-state index contributed by atoms with van der Waals surface area (Å²) in [7, 11) is 1.79. The molecule has 0 atom stereocenters. The van der Waals surface area contributed by atoms with Crippen molar-refractivity contribution in [2.45, 2.75) is 64.8 Å². The number of methoxy groups -OCH3 is 1. The van der Waals surface area contributed by atoms with Gasteiger partial charge in [-0.2, -0.15) is 0 Å². The van der Waals surface area contributed by atoms with Crippen molar-refractivity contribution in [1.82, 2.24) is 15.6 Å². The average molecular weight is 402 g/mol. The van der Waals surface area contributed by atoms with Crippen LogP contribution in [-0.4, -0.2) is 50.8 Å². The number of hydrogen-bond acceptors (Lipinski definition) is 4. The normalized spacial score (nSPS) is 19.4. The van der Waals surface area contributed by atoms with E-state index >= 15 is 0 Å². The first-order valence-corrected chi connectivity index (χ1v) is 11.5. The lowest BCUT2D eigenvalue weighted by atomic mass is 9.67. The van der Waals surface area contributed by atoms with Crippen LogP contribution in [0.5, 0.6) is 0 Å². The molecular formula is C23H39N5O. The van der Waals surface area contributed by atoms with Crippen LogP contribution in [0.25, 0.3) is 0 Å². The number of pyridine rings is 1. The molecule has 0 amide bonds. The van der Waals surface area contributed by atoms with E-state index in [0.29, 0.717) is 12.0 Å². The lowest BCUT2D eigenvalue weighted by Gasteiger charge is -2.42. The molecular weight excluding hydrogens is 362 g/mol. The van der Waals surface area contributed by atoms with Gasteiger partial charge in [-0.05, 0) is 56.1 Å². The summed E-state index contributed by atoms with van der Waals surface area (Å²) in [5.74, 6) is 2.00. The molecule has 2 fully saturated rings. The Morgan fingerprint density at radius 1 is 1.14 bits per heavy atom. The summed E-state index contributed by atoms with van der Waals surface area (Å²) in [5.41, 5.74) is 1.53. The largest absolute Gasteiger partial charge is 0.385 e. The van der Waals surface area contributed by atoms with Gasteiger partial charge in [-0.15, -0.1) is 0 Å². The maximum absolute atomic E-state index is 5.31. The Hall–Kier alpha value is -1.82. The van der Waals surface area contributed by atoms with Gasteiger partial charge in [0.15, 0.2) is 5.96 Å². The van der Waals surface area contributed by atoms with Crippen molar-refractivity contribution in [3.8, 4) is 0 Å². The van der Waals surface area contributed by atoms with E-state index in [4.69, 9.17) is 14.7 Å². The summed E-state index contributed by atoms with van der Waals surface area (Å²) in [6.45, 7) is 7.68. The van der Waals surface area contributed by atoms with Crippen molar-refractivity contribution < 1.29 is 4.74 Å². The summed E-state index contributed by atoms with van der Waals surface area (Å²) >= 11 is 0. The number of guanidine groups is 1. The van der Waals surface area contributed by atoms with Gasteiger partial charge in [0, 0.05) is 46.1 Å². The molecule has 3 rings (SSSR count). The SMILES string of the molecule is CCNC(=NCc1ccc(N2CCCCCC2)nc1)NCC1(CCOC)CCC1. The Morgan fingerprint density at radius 3 is 2.52 bits per heavy atom. The van der Waals surface area contributed by atoms with E-state index in [1.165, 1.54) is 44.9 Å². The molecule has 1 saturated heterocycles. The van der Waals surface area contributed by atoms with Gasteiger partial charge in [-0.3, -0.25) is 0 Å². The predicted molar refractivity (Wildman–Crippen MR) is 121 cm³/mol. The van der Waals surface area contributed by atoms with Crippen molar-refractivity contribution in [3.63, 3.8) is 0 Å². The summed E-state index contributed by atoms with van der Waals surface area (Å²) in [6, 6.07) is 4.33. The number of anilines is 1. The van der Waals surface area contributed by atoms with E-state index in [2.05, 4.69) is 34.6 Å². The maximum atomic E-state index is 5.31. The average Bonchev–Trinajstić information content (AvgIpc) is 3.01. The van der Waals surface area contributed by atoms with E-state index in [1.807, 2.05) is 6.20 Å². The molecule has 2 aliphatic rings. The predicted octanol–water partition coefficient (Wildman–Crippen LogP) is 3.72. The molecule has 2 heterocycles. The monoisotopic (exact) mass is 401 g/mol.